The highest BCUT2D eigenvalue weighted by molar-refractivity contribution is 5.88. The first-order valence-electron chi connectivity index (χ1n) is 6.79. The Hall–Kier alpha value is -3.08. The molecule has 1 heterocycles. The molecule has 1 N–H and O–H groups in total. The molecule has 3 rings (SSSR count). The van der Waals surface area contributed by atoms with Gasteiger partial charge in [-0.2, -0.15) is 5.10 Å². The maximum atomic E-state index is 8.87. The number of para-hydroxylation sites is 1. The highest BCUT2D eigenvalue weighted by Crippen LogP contribution is 2.24. The Morgan fingerprint density at radius 1 is 1.09 bits per heavy atom. The van der Waals surface area contributed by atoms with Crippen molar-refractivity contribution in [2.24, 2.45) is 5.16 Å². The molecule has 0 unspecified atom stereocenters. The summed E-state index contributed by atoms with van der Waals surface area (Å²) in [6, 6.07) is 17.4. The van der Waals surface area contributed by atoms with Gasteiger partial charge in [-0.25, -0.2) is 4.68 Å². The Morgan fingerprint density at radius 2 is 1.82 bits per heavy atom. The minimum atomic E-state index is 0.733. The lowest BCUT2D eigenvalue weighted by Gasteiger charge is -2.02. The quantitative estimate of drug-likeness (QED) is 0.456. The van der Waals surface area contributed by atoms with Crippen LogP contribution in [0, 0.1) is 0 Å². The van der Waals surface area contributed by atoms with E-state index >= 15 is 0 Å². The topological polar surface area (TPSA) is 59.6 Å². The Balaban J connectivity index is 2.07. The van der Waals surface area contributed by atoms with Crippen LogP contribution in [0.3, 0.4) is 0 Å². The van der Waals surface area contributed by atoms with E-state index in [-0.39, 0.29) is 0 Å². The molecule has 0 saturated heterocycles. The second-order valence-corrected chi connectivity index (χ2v) is 4.69. The summed E-state index contributed by atoms with van der Waals surface area (Å²) in [4.78, 5) is 0. The molecule has 0 aliphatic rings. The summed E-state index contributed by atoms with van der Waals surface area (Å²) in [6.45, 7) is 0. The van der Waals surface area contributed by atoms with Crippen LogP contribution in [0.5, 0.6) is 5.75 Å². The molecule has 1 aromatic heterocycles. The number of benzene rings is 2. The van der Waals surface area contributed by atoms with Gasteiger partial charge in [-0.3, -0.25) is 0 Å². The fraction of sp³-hybridized carbons (Fsp3) is 0.0588. The van der Waals surface area contributed by atoms with Crippen LogP contribution in [0.1, 0.15) is 5.56 Å². The van der Waals surface area contributed by atoms with Crippen molar-refractivity contribution < 1.29 is 9.94 Å². The van der Waals surface area contributed by atoms with Crippen molar-refractivity contribution >= 4 is 6.21 Å². The van der Waals surface area contributed by atoms with Gasteiger partial charge in [0.05, 0.1) is 19.0 Å². The zero-order valence-corrected chi connectivity index (χ0v) is 12.0. The highest BCUT2D eigenvalue weighted by atomic mass is 16.5. The SMILES string of the molecule is COc1ccc(-c2nn(-c3ccccc3)cc2C=NO)cc1. The number of rotatable bonds is 4. The van der Waals surface area contributed by atoms with Crippen molar-refractivity contribution in [2.75, 3.05) is 7.11 Å². The van der Waals surface area contributed by atoms with E-state index in [2.05, 4.69) is 10.3 Å². The molecule has 0 atom stereocenters. The van der Waals surface area contributed by atoms with Gasteiger partial charge in [-0.05, 0) is 36.4 Å². The maximum Gasteiger partial charge on any atom is 0.118 e. The summed E-state index contributed by atoms with van der Waals surface area (Å²) < 4.78 is 6.93. The van der Waals surface area contributed by atoms with E-state index in [0.29, 0.717) is 0 Å². The fourth-order valence-corrected chi connectivity index (χ4v) is 2.23. The third-order valence-corrected chi connectivity index (χ3v) is 3.32. The third kappa shape index (κ3) is 2.69. The lowest BCUT2D eigenvalue weighted by molar-refractivity contribution is 0.322. The molecule has 0 saturated carbocycles. The number of hydrogen-bond acceptors (Lipinski definition) is 4. The molecule has 22 heavy (non-hydrogen) atoms. The molecule has 0 aliphatic heterocycles. The van der Waals surface area contributed by atoms with Crippen LogP contribution in [0.25, 0.3) is 16.9 Å². The van der Waals surface area contributed by atoms with Crippen LogP contribution in [0.2, 0.25) is 0 Å². The van der Waals surface area contributed by atoms with E-state index in [9.17, 15) is 0 Å². The Bertz CT molecular complexity index is 777. The van der Waals surface area contributed by atoms with Crippen LogP contribution >= 0.6 is 0 Å². The summed E-state index contributed by atoms with van der Waals surface area (Å²) in [7, 11) is 1.63. The highest BCUT2D eigenvalue weighted by Gasteiger charge is 2.11. The van der Waals surface area contributed by atoms with Crippen molar-refractivity contribution in [2.45, 2.75) is 0 Å². The summed E-state index contributed by atoms with van der Waals surface area (Å²) >= 11 is 0. The van der Waals surface area contributed by atoms with Crippen molar-refractivity contribution in [3.63, 3.8) is 0 Å². The Labute approximate surface area is 128 Å². The van der Waals surface area contributed by atoms with Crippen molar-refractivity contribution in [3.8, 4) is 22.7 Å². The number of hydrogen-bond donors (Lipinski definition) is 1. The molecular weight excluding hydrogens is 278 g/mol. The van der Waals surface area contributed by atoms with E-state index < -0.39 is 0 Å². The predicted octanol–water partition coefficient (Wildman–Crippen LogP) is 3.36. The molecule has 110 valence electrons. The van der Waals surface area contributed by atoms with E-state index in [4.69, 9.17) is 9.94 Å². The van der Waals surface area contributed by atoms with Crippen LogP contribution in [0.4, 0.5) is 0 Å². The Kier molecular flexibility index (Phi) is 3.87. The molecule has 0 amide bonds. The van der Waals surface area contributed by atoms with Crippen molar-refractivity contribution in [1.82, 2.24) is 9.78 Å². The van der Waals surface area contributed by atoms with Gasteiger partial charge in [0.2, 0.25) is 0 Å². The molecule has 5 nitrogen and oxygen atoms in total. The lowest BCUT2D eigenvalue weighted by Crippen LogP contribution is -1.94. The maximum absolute atomic E-state index is 8.87. The van der Waals surface area contributed by atoms with Gasteiger partial charge < -0.3 is 9.94 Å². The molecule has 0 radical (unpaired) electrons. The van der Waals surface area contributed by atoms with Gasteiger partial charge in [-0.15, -0.1) is 0 Å². The van der Waals surface area contributed by atoms with Crippen molar-refractivity contribution in [3.05, 3.63) is 66.4 Å². The van der Waals surface area contributed by atoms with E-state index in [1.54, 1.807) is 11.8 Å². The van der Waals surface area contributed by atoms with Gasteiger partial charge in [0, 0.05) is 17.3 Å². The third-order valence-electron chi connectivity index (χ3n) is 3.32. The van der Waals surface area contributed by atoms with Crippen LogP contribution in [0.15, 0.2) is 65.9 Å². The first-order valence-corrected chi connectivity index (χ1v) is 6.79. The minimum Gasteiger partial charge on any atom is -0.497 e. The van der Waals surface area contributed by atoms with Gasteiger partial charge in [0.15, 0.2) is 0 Å². The predicted molar refractivity (Wildman–Crippen MR) is 84.9 cm³/mol. The smallest absolute Gasteiger partial charge is 0.118 e. The monoisotopic (exact) mass is 293 g/mol. The normalized spacial score (nSPS) is 11.0. The van der Waals surface area contributed by atoms with Gasteiger partial charge in [0.25, 0.3) is 0 Å². The average molecular weight is 293 g/mol. The van der Waals surface area contributed by atoms with Crippen LogP contribution in [-0.4, -0.2) is 28.3 Å². The summed E-state index contributed by atoms with van der Waals surface area (Å²) in [5, 5.41) is 16.6. The molecular formula is C17H15N3O2. The summed E-state index contributed by atoms with van der Waals surface area (Å²) in [5.41, 5.74) is 3.33. The second kappa shape index (κ2) is 6.13. The van der Waals surface area contributed by atoms with Crippen molar-refractivity contribution in [1.29, 1.82) is 0 Å². The fourth-order valence-electron chi connectivity index (χ4n) is 2.23. The van der Waals surface area contributed by atoms with Gasteiger partial charge in [0.1, 0.15) is 11.4 Å². The zero-order chi connectivity index (χ0) is 15.4. The van der Waals surface area contributed by atoms with E-state index in [1.165, 1.54) is 6.21 Å². The summed E-state index contributed by atoms with van der Waals surface area (Å²) in [5.74, 6) is 0.781. The minimum absolute atomic E-state index is 0.733. The first-order chi connectivity index (χ1) is 10.8. The number of ether oxygens (including phenoxy) is 1. The Morgan fingerprint density at radius 3 is 2.45 bits per heavy atom. The molecule has 0 fully saturated rings. The number of nitrogens with zero attached hydrogens (tertiary/aromatic N) is 3. The molecule has 5 heteroatoms. The van der Waals surface area contributed by atoms with E-state index in [1.807, 2.05) is 60.8 Å². The van der Waals surface area contributed by atoms with Gasteiger partial charge in [-0.1, -0.05) is 23.4 Å². The van der Waals surface area contributed by atoms with Crippen LogP contribution in [-0.2, 0) is 0 Å². The first kappa shape index (κ1) is 13.9. The lowest BCUT2D eigenvalue weighted by atomic mass is 10.1. The molecule has 3 aromatic rings. The largest absolute Gasteiger partial charge is 0.497 e. The molecule has 0 spiro atoms. The van der Waals surface area contributed by atoms with Gasteiger partial charge >= 0.3 is 0 Å². The summed E-state index contributed by atoms with van der Waals surface area (Å²) in [6.07, 6.45) is 3.21. The number of oxime groups is 1. The number of aromatic nitrogens is 2. The molecule has 2 aromatic carbocycles. The average Bonchev–Trinajstić information content (AvgIpc) is 3.00. The van der Waals surface area contributed by atoms with Crippen LogP contribution < -0.4 is 4.74 Å². The van der Waals surface area contributed by atoms with E-state index in [0.717, 1.165) is 28.3 Å². The molecule has 0 bridgehead atoms. The number of methoxy groups -OCH3 is 1. The zero-order valence-electron chi connectivity index (χ0n) is 12.0. The molecule has 0 aliphatic carbocycles. The standard InChI is InChI=1S/C17H15N3O2/c1-22-16-9-7-13(8-10-16)17-14(11-18-21)12-20(19-17)15-5-3-2-4-6-15/h2-12,21H,1H3. The second-order valence-electron chi connectivity index (χ2n) is 4.69.